The molecule has 5 heteroatoms. The van der Waals surface area contributed by atoms with Crippen LogP contribution in [0.4, 0.5) is 0 Å². The molecule has 0 aliphatic rings. The number of pyridine rings is 2. The van der Waals surface area contributed by atoms with Gasteiger partial charge < -0.3 is 4.98 Å². The first-order valence-electron chi connectivity index (χ1n) is 8.05. The maximum Gasteiger partial charge on any atom is 0.256 e. The molecular formula is C21H14N2O2S. The molecule has 0 fully saturated rings. The van der Waals surface area contributed by atoms with Gasteiger partial charge in [0.05, 0.1) is 16.1 Å². The van der Waals surface area contributed by atoms with E-state index in [2.05, 4.69) is 9.97 Å². The zero-order valence-electron chi connectivity index (χ0n) is 13.7. The number of aldehydes is 1. The second-order valence-corrected chi connectivity index (χ2v) is 6.63. The summed E-state index contributed by atoms with van der Waals surface area (Å²) in [4.78, 5) is 32.0. The molecule has 0 unspecified atom stereocenters. The van der Waals surface area contributed by atoms with Gasteiger partial charge in [-0.1, -0.05) is 36.4 Å². The first-order chi connectivity index (χ1) is 12.8. The molecule has 0 saturated carbocycles. The fraction of sp³-hybridized carbons (Fsp3) is 0. The normalized spacial score (nSPS) is 10.6. The lowest BCUT2D eigenvalue weighted by atomic mass is 9.91. The van der Waals surface area contributed by atoms with Crippen molar-refractivity contribution in [2.75, 3.05) is 0 Å². The predicted molar refractivity (Wildman–Crippen MR) is 104 cm³/mol. The summed E-state index contributed by atoms with van der Waals surface area (Å²) in [6, 6.07) is 17.2. The molecule has 0 aliphatic heterocycles. The lowest BCUT2D eigenvalue weighted by Gasteiger charge is -2.14. The summed E-state index contributed by atoms with van der Waals surface area (Å²) in [6.45, 7) is 0. The van der Waals surface area contributed by atoms with Crippen molar-refractivity contribution in [2.45, 2.75) is 0 Å². The summed E-state index contributed by atoms with van der Waals surface area (Å²) >= 11 is 1.32. The van der Waals surface area contributed by atoms with Crippen molar-refractivity contribution in [3.8, 4) is 33.5 Å². The number of benzene rings is 1. The van der Waals surface area contributed by atoms with Gasteiger partial charge in [0.25, 0.3) is 5.56 Å². The Balaban J connectivity index is 2.12. The third kappa shape index (κ3) is 2.78. The van der Waals surface area contributed by atoms with E-state index in [1.807, 2.05) is 60.0 Å². The summed E-state index contributed by atoms with van der Waals surface area (Å²) in [5.74, 6) is 0. The highest BCUT2D eigenvalue weighted by molar-refractivity contribution is 7.12. The minimum Gasteiger partial charge on any atom is -0.328 e. The molecule has 3 heterocycles. The zero-order valence-corrected chi connectivity index (χ0v) is 14.5. The van der Waals surface area contributed by atoms with Gasteiger partial charge in [-0.3, -0.25) is 14.6 Å². The third-order valence-corrected chi connectivity index (χ3v) is 5.01. The maximum absolute atomic E-state index is 12.8. The van der Waals surface area contributed by atoms with Crippen molar-refractivity contribution in [1.82, 2.24) is 9.97 Å². The van der Waals surface area contributed by atoms with Crippen molar-refractivity contribution in [2.24, 2.45) is 0 Å². The predicted octanol–water partition coefficient (Wildman–Crippen LogP) is 4.64. The molecule has 0 saturated heterocycles. The minimum atomic E-state index is -0.231. The van der Waals surface area contributed by atoms with Crippen LogP contribution in [0.15, 0.2) is 77.2 Å². The van der Waals surface area contributed by atoms with Gasteiger partial charge in [-0.25, -0.2) is 0 Å². The fourth-order valence-electron chi connectivity index (χ4n) is 3.03. The number of hydrogen-bond donors (Lipinski definition) is 1. The van der Waals surface area contributed by atoms with E-state index in [0.29, 0.717) is 16.0 Å². The average Bonchev–Trinajstić information content (AvgIpc) is 3.17. The van der Waals surface area contributed by atoms with Crippen LogP contribution in [0, 0.1) is 0 Å². The number of aromatic nitrogens is 2. The topological polar surface area (TPSA) is 62.8 Å². The largest absolute Gasteiger partial charge is 0.328 e. The van der Waals surface area contributed by atoms with E-state index in [1.165, 1.54) is 11.3 Å². The molecule has 0 radical (unpaired) electrons. The molecule has 1 N–H and O–H groups in total. The number of hydrogen-bond acceptors (Lipinski definition) is 4. The standard InChI is InChI=1S/C21H14N2O2S/c24-13-18-15(9-11-26-18)20-19(14-6-2-1-3-7-14)16(12-23-21(20)25)17-8-4-5-10-22-17/h1-13H,(H,23,25). The van der Waals surface area contributed by atoms with E-state index in [-0.39, 0.29) is 5.56 Å². The van der Waals surface area contributed by atoms with E-state index in [9.17, 15) is 9.59 Å². The van der Waals surface area contributed by atoms with Gasteiger partial charge in [0.15, 0.2) is 6.29 Å². The number of carbonyl (C=O) groups is 1. The quantitative estimate of drug-likeness (QED) is 0.540. The third-order valence-electron chi connectivity index (χ3n) is 4.17. The van der Waals surface area contributed by atoms with Crippen LogP contribution in [0.5, 0.6) is 0 Å². The van der Waals surface area contributed by atoms with Crippen LogP contribution in [0.1, 0.15) is 9.67 Å². The minimum absolute atomic E-state index is 0.231. The van der Waals surface area contributed by atoms with E-state index < -0.39 is 0 Å². The van der Waals surface area contributed by atoms with Crippen LogP contribution in [-0.4, -0.2) is 16.3 Å². The number of aromatic amines is 1. The number of nitrogens with zero attached hydrogens (tertiary/aromatic N) is 1. The lowest BCUT2D eigenvalue weighted by molar-refractivity contribution is 0.112. The van der Waals surface area contributed by atoms with Gasteiger partial charge in [0, 0.05) is 29.1 Å². The molecule has 4 aromatic rings. The summed E-state index contributed by atoms with van der Waals surface area (Å²) in [6.07, 6.45) is 4.20. The van der Waals surface area contributed by atoms with E-state index in [0.717, 1.165) is 28.7 Å². The summed E-state index contributed by atoms with van der Waals surface area (Å²) in [7, 11) is 0. The van der Waals surface area contributed by atoms with Crippen LogP contribution in [0.25, 0.3) is 33.5 Å². The SMILES string of the molecule is O=Cc1sccc1-c1c(-c2ccccc2)c(-c2ccccn2)c[nH]c1=O. The molecule has 3 aromatic heterocycles. The summed E-state index contributed by atoms with van der Waals surface area (Å²) < 4.78 is 0. The van der Waals surface area contributed by atoms with Gasteiger partial charge in [-0.05, 0) is 29.1 Å². The molecule has 4 nitrogen and oxygen atoms in total. The van der Waals surface area contributed by atoms with Gasteiger partial charge >= 0.3 is 0 Å². The van der Waals surface area contributed by atoms with Crippen LogP contribution in [0.2, 0.25) is 0 Å². The fourth-order valence-corrected chi connectivity index (χ4v) is 3.74. The monoisotopic (exact) mass is 358 g/mol. The number of carbonyl (C=O) groups excluding carboxylic acids is 1. The highest BCUT2D eigenvalue weighted by atomic mass is 32.1. The molecule has 4 rings (SSSR count). The Morgan fingerprint density at radius 3 is 2.46 bits per heavy atom. The Morgan fingerprint density at radius 1 is 0.923 bits per heavy atom. The zero-order chi connectivity index (χ0) is 17.9. The molecule has 0 bridgehead atoms. The Morgan fingerprint density at radius 2 is 1.73 bits per heavy atom. The lowest BCUT2D eigenvalue weighted by Crippen LogP contribution is -2.11. The summed E-state index contributed by atoms with van der Waals surface area (Å²) in [5.41, 5.74) is 4.14. The van der Waals surface area contributed by atoms with Crippen molar-refractivity contribution in [3.63, 3.8) is 0 Å². The molecule has 0 atom stereocenters. The molecular weight excluding hydrogens is 344 g/mol. The molecule has 0 amide bonds. The first-order valence-corrected chi connectivity index (χ1v) is 8.93. The van der Waals surface area contributed by atoms with E-state index >= 15 is 0 Å². The van der Waals surface area contributed by atoms with Crippen LogP contribution in [0.3, 0.4) is 0 Å². The van der Waals surface area contributed by atoms with Crippen molar-refractivity contribution < 1.29 is 4.79 Å². The Labute approximate surface area is 153 Å². The van der Waals surface area contributed by atoms with Gasteiger partial charge in [0.2, 0.25) is 0 Å². The summed E-state index contributed by atoms with van der Waals surface area (Å²) in [5, 5.41) is 1.82. The van der Waals surface area contributed by atoms with Crippen molar-refractivity contribution in [3.05, 3.63) is 87.6 Å². The number of rotatable bonds is 4. The Hall–Kier alpha value is -3.31. The van der Waals surface area contributed by atoms with Gasteiger partial charge in [-0.2, -0.15) is 0 Å². The smallest absolute Gasteiger partial charge is 0.256 e. The van der Waals surface area contributed by atoms with E-state index in [1.54, 1.807) is 12.4 Å². The Bertz CT molecular complexity index is 1120. The highest BCUT2D eigenvalue weighted by Crippen LogP contribution is 2.38. The van der Waals surface area contributed by atoms with Gasteiger partial charge in [-0.15, -0.1) is 11.3 Å². The second-order valence-electron chi connectivity index (χ2n) is 5.68. The van der Waals surface area contributed by atoms with Crippen LogP contribution >= 0.6 is 11.3 Å². The number of H-pyrrole nitrogens is 1. The van der Waals surface area contributed by atoms with Crippen molar-refractivity contribution in [1.29, 1.82) is 0 Å². The van der Waals surface area contributed by atoms with E-state index in [4.69, 9.17) is 0 Å². The maximum atomic E-state index is 12.8. The molecule has 26 heavy (non-hydrogen) atoms. The number of thiophene rings is 1. The highest BCUT2D eigenvalue weighted by Gasteiger charge is 2.20. The number of nitrogens with one attached hydrogen (secondary N) is 1. The molecule has 0 aliphatic carbocycles. The van der Waals surface area contributed by atoms with Crippen molar-refractivity contribution >= 4 is 17.6 Å². The second kappa shape index (κ2) is 6.90. The first kappa shape index (κ1) is 16.2. The van der Waals surface area contributed by atoms with Crippen LogP contribution < -0.4 is 5.56 Å². The Kier molecular flexibility index (Phi) is 4.29. The molecule has 1 aromatic carbocycles. The van der Waals surface area contributed by atoms with Crippen LogP contribution in [-0.2, 0) is 0 Å². The van der Waals surface area contributed by atoms with Gasteiger partial charge in [0.1, 0.15) is 0 Å². The molecule has 126 valence electrons. The average molecular weight is 358 g/mol. The molecule has 0 spiro atoms.